The molecule has 0 spiro atoms. The summed E-state index contributed by atoms with van der Waals surface area (Å²) in [5.41, 5.74) is 1.76. The summed E-state index contributed by atoms with van der Waals surface area (Å²) in [4.78, 5) is 12.3. The Morgan fingerprint density at radius 1 is 1.15 bits per heavy atom. The Bertz CT molecular complexity index is 1090. The molecule has 142 valence electrons. The fourth-order valence-electron chi connectivity index (χ4n) is 2.74. The van der Waals surface area contributed by atoms with E-state index in [-0.39, 0.29) is 17.3 Å². The van der Waals surface area contributed by atoms with E-state index in [0.717, 1.165) is 22.7 Å². The van der Waals surface area contributed by atoms with Gasteiger partial charge in [-0.15, -0.1) is 0 Å². The monoisotopic (exact) mass is 409 g/mol. The van der Waals surface area contributed by atoms with E-state index >= 15 is 0 Å². The zero-order chi connectivity index (χ0) is 19.6. The first-order chi connectivity index (χ1) is 12.8. The zero-order valence-electron chi connectivity index (χ0n) is 14.5. The lowest BCUT2D eigenvalue weighted by atomic mass is 10.0. The Balaban J connectivity index is 2.13. The van der Waals surface area contributed by atoms with E-state index < -0.39 is 15.1 Å². The minimum absolute atomic E-state index is 0.169. The first-order valence-electron chi connectivity index (χ1n) is 8.34. The summed E-state index contributed by atoms with van der Waals surface area (Å²) in [5, 5.41) is 0.309. The van der Waals surface area contributed by atoms with Crippen molar-refractivity contribution in [2.45, 2.75) is 24.7 Å². The number of carbonyl (C=O) groups excluding carboxylic acids is 1. The highest BCUT2D eigenvalue weighted by molar-refractivity contribution is 8.14. The third kappa shape index (κ3) is 4.14. The lowest BCUT2D eigenvalue weighted by Gasteiger charge is -2.07. The largest absolute Gasteiger partial charge is 0.449 e. The van der Waals surface area contributed by atoms with Crippen LogP contribution in [-0.4, -0.2) is 25.7 Å². The van der Waals surface area contributed by atoms with Gasteiger partial charge in [-0.3, -0.25) is 4.57 Å². The van der Waals surface area contributed by atoms with Crippen LogP contribution in [-0.2, 0) is 13.8 Å². The second-order valence-electron chi connectivity index (χ2n) is 6.01. The van der Waals surface area contributed by atoms with E-state index in [1.165, 1.54) is 12.1 Å². The molecule has 0 amide bonds. The number of ether oxygens (including phenoxy) is 1. The van der Waals surface area contributed by atoms with Gasteiger partial charge in [-0.2, -0.15) is 0 Å². The molecule has 0 fully saturated rings. The van der Waals surface area contributed by atoms with Crippen molar-refractivity contribution in [1.82, 2.24) is 4.57 Å². The number of hydrogen-bond acceptors (Lipinski definition) is 4. The molecule has 0 aliphatic rings. The Morgan fingerprint density at radius 3 is 2.44 bits per heavy atom. The molecular formula is C19H17ClFNO4S. The van der Waals surface area contributed by atoms with Crippen LogP contribution in [0.15, 0.2) is 53.6 Å². The molecule has 1 heterocycles. The van der Waals surface area contributed by atoms with Crippen molar-refractivity contribution in [3.63, 3.8) is 0 Å². The number of hydrogen-bond donors (Lipinski definition) is 0. The molecule has 0 unspecified atom stereocenters. The van der Waals surface area contributed by atoms with Gasteiger partial charge in [-0.1, -0.05) is 37.6 Å². The highest BCUT2D eigenvalue weighted by Crippen LogP contribution is 2.32. The summed E-state index contributed by atoms with van der Waals surface area (Å²) in [7, 11) is 1.47. The summed E-state index contributed by atoms with van der Waals surface area (Å²) in [6.45, 7) is 2.20. The first kappa shape index (κ1) is 19.4. The number of benzene rings is 2. The molecule has 8 heteroatoms. The summed E-state index contributed by atoms with van der Waals surface area (Å²) in [6.07, 6.45) is 2.04. The quantitative estimate of drug-likeness (QED) is 0.431. The number of halogens is 2. The molecule has 0 bridgehead atoms. The van der Waals surface area contributed by atoms with Gasteiger partial charge in [0.15, 0.2) is 0 Å². The molecule has 27 heavy (non-hydrogen) atoms. The molecule has 3 rings (SSSR count). The van der Waals surface area contributed by atoms with Crippen LogP contribution < -0.4 is 0 Å². The van der Waals surface area contributed by atoms with Gasteiger partial charge >= 0.3 is 6.09 Å². The van der Waals surface area contributed by atoms with E-state index in [1.807, 2.05) is 6.92 Å². The maximum Gasteiger partial charge on any atom is 0.418 e. The SMILES string of the molecule is CCCCOC(=O)n1cc(S(=O)(=O)Cl)c2ccc(-c3ccc(F)cc3)cc21. The zero-order valence-corrected chi connectivity index (χ0v) is 16.1. The van der Waals surface area contributed by atoms with Crippen molar-refractivity contribution in [1.29, 1.82) is 0 Å². The van der Waals surface area contributed by atoms with E-state index in [9.17, 15) is 17.6 Å². The molecule has 0 radical (unpaired) electrons. The van der Waals surface area contributed by atoms with Gasteiger partial charge in [0, 0.05) is 22.3 Å². The number of fused-ring (bicyclic) bond motifs is 1. The van der Waals surface area contributed by atoms with E-state index in [4.69, 9.17) is 15.4 Å². The summed E-state index contributed by atoms with van der Waals surface area (Å²) < 4.78 is 43.3. The van der Waals surface area contributed by atoms with Crippen LogP contribution in [0.5, 0.6) is 0 Å². The number of rotatable bonds is 5. The van der Waals surface area contributed by atoms with Crippen LogP contribution >= 0.6 is 10.7 Å². The Kier molecular flexibility index (Phi) is 5.53. The van der Waals surface area contributed by atoms with Crippen LogP contribution in [0.4, 0.5) is 9.18 Å². The highest BCUT2D eigenvalue weighted by atomic mass is 35.7. The molecule has 3 aromatic rings. The first-order valence-corrected chi connectivity index (χ1v) is 10.6. The van der Waals surface area contributed by atoms with Gasteiger partial charge in [0.05, 0.1) is 12.1 Å². The highest BCUT2D eigenvalue weighted by Gasteiger charge is 2.22. The molecule has 0 atom stereocenters. The molecule has 0 saturated heterocycles. The lowest BCUT2D eigenvalue weighted by molar-refractivity contribution is 0.147. The number of unbranched alkanes of at least 4 members (excludes halogenated alkanes) is 1. The van der Waals surface area contributed by atoms with Crippen LogP contribution in [0.1, 0.15) is 19.8 Å². The van der Waals surface area contributed by atoms with Crippen molar-refractivity contribution < 1.29 is 22.3 Å². The van der Waals surface area contributed by atoms with E-state index in [2.05, 4.69) is 0 Å². The second kappa shape index (κ2) is 7.70. The average Bonchev–Trinajstić information content (AvgIpc) is 3.01. The topological polar surface area (TPSA) is 65.4 Å². The molecule has 5 nitrogen and oxygen atoms in total. The number of nitrogens with zero attached hydrogens (tertiary/aromatic N) is 1. The summed E-state index contributed by atoms with van der Waals surface area (Å²) >= 11 is 0. The van der Waals surface area contributed by atoms with Gasteiger partial charge in [0.25, 0.3) is 9.05 Å². The fraction of sp³-hybridized carbons (Fsp3) is 0.211. The minimum Gasteiger partial charge on any atom is -0.449 e. The van der Waals surface area contributed by atoms with E-state index in [0.29, 0.717) is 22.9 Å². The van der Waals surface area contributed by atoms with Crippen LogP contribution in [0, 0.1) is 5.82 Å². The average molecular weight is 410 g/mol. The normalized spacial score (nSPS) is 11.7. The Hall–Kier alpha value is -2.38. The molecule has 0 aliphatic heterocycles. The maximum atomic E-state index is 13.2. The molecule has 0 saturated carbocycles. The molecule has 2 aromatic carbocycles. The standard InChI is InChI=1S/C19H17ClFNO4S/c1-2-3-10-26-19(23)22-12-18(27(20,24)25)16-9-6-14(11-17(16)22)13-4-7-15(21)8-5-13/h4-9,11-12H,2-3,10H2,1H3. The number of carbonyl (C=O) groups is 1. The predicted molar refractivity (Wildman–Crippen MR) is 102 cm³/mol. The number of aromatic nitrogens is 1. The van der Waals surface area contributed by atoms with Gasteiger partial charge in [0.1, 0.15) is 10.7 Å². The van der Waals surface area contributed by atoms with Gasteiger partial charge in [-0.25, -0.2) is 17.6 Å². The Labute approximate surface area is 160 Å². The third-order valence-electron chi connectivity index (χ3n) is 4.13. The molecule has 0 N–H and O–H groups in total. The van der Waals surface area contributed by atoms with Crippen molar-refractivity contribution in [3.05, 3.63) is 54.5 Å². The molecule has 0 aliphatic carbocycles. The predicted octanol–water partition coefficient (Wildman–Crippen LogP) is 5.16. The lowest BCUT2D eigenvalue weighted by Crippen LogP contribution is -2.13. The van der Waals surface area contributed by atoms with Crippen LogP contribution in [0.3, 0.4) is 0 Å². The fourth-order valence-corrected chi connectivity index (χ4v) is 3.77. The molecule has 1 aromatic heterocycles. The Morgan fingerprint density at radius 2 is 1.81 bits per heavy atom. The van der Waals surface area contributed by atoms with Crippen LogP contribution in [0.25, 0.3) is 22.0 Å². The smallest absolute Gasteiger partial charge is 0.418 e. The summed E-state index contributed by atoms with van der Waals surface area (Å²) in [6, 6.07) is 10.8. The molecular weight excluding hydrogens is 393 g/mol. The van der Waals surface area contributed by atoms with E-state index in [1.54, 1.807) is 30.3 Å². The second-order valence-corrected chi connectivity index (χ2v) is 8.54. The van der Waals surface area contributed by atoms with Crippen molar-refractivity contribution in [2.24, 2.45) is 0 Å². The van der Waals surface area contributed by atoms with Gasteiger partial charge in [-0.05, 0) is 35.7 Å². The maximum absolute atomic E-state index is 13.2. The van der Waals surface area contributed by atoms with Crippen LogP contribution in [0.2, 0.25) is 0 Å². The van der Waals surface area contributed by atoms with Crippen molar-refractivity contribution >= 4 is 36.7 Å². The van der Waals surface area contributed by atoms with Gasteiger partial charge < -0.3 is 4.74 Å². The van der Waals surface area contributed by atoms with Crippen molar-refractivity contribution in [3.8, 4) is 11.1 Å². The van der Waals surface area contributed by atoms with Crippen molar-refractivity contribution in [2.75, 3.05) is 6.61 Å². The summed E-state index contributed by atoms with van der Waals surface area (Å²) in [5.74, 6) is -0.363. The third-order valence-corrected chi connectivity index (χ3v) is 5.48. The minimum atomic E-state index is -4.06. The van der Waals surface area contributed by atoms with Gasteiger partial charge in [0.2, 0.25) is 0 Å².